The van der Waals surface area contributed by atoms with Gasteiger partial charge in [0.15, 0.2) is 0 Å². The summed E-state index contributed by atoms with van der Waals surface area (Å²) in [5, 5.41) is 25.1. The average Bonchev–Trinajstić information content (AvgIpc) is 3.05. The van der Waals surface area contributed by atoms with E-state index >= 15 is 0 Å². The summed E-state index contributed by atoms with van der Waals surface area (Å²) in [6, 6.07) is 0. The molecule has 0 aromatic heterocycles. The first-order valence-corrected chi connectivity index (χ1v) is 20.0. The van der Waals surface area contributed by atoms with Gasteiger partial charge in [0.1, 0.15) is 0 Å². The largest absolute Gasteiger partial charge is 0.478 e. The van der Waals surface area contributed by atoms with Gasteiger partial charge in [0.2, 0.25) is 0 Å². The van der Waals surface area contributed by atoms with Crippen LogP contribution in [0.2, 0.25) is 0 Å². The summed E-state index contributed by atoms with van der Waals surface area (Å²) in [6.45, 7) is 6.72. The monoisotopic (exact) mass is 820 g/mol. The summed E-state index contributed by atoms with van der Waals surface area (Å²) in [4.78, 5) is 30.5. The number of carbonyl (C=O) groups is 3. The Morgan fingerprint density at radius 3 is 0.653 bits per heavy atom. The van der Waals surface area contributed by atoms with Crippen LogP contribution in [-0.4, -0.2) is 33.2 Å². The molecule has 0 fully saturated rings. The molecule has 286 valence electrons. The molecule has 0 radical (unpaired) electrons. The van der Waals surface area contributed by atoms with Crippen LogP contribution >= 0.6 is 0 Å². The van der Waals surface area contributed by atoms with Crippen LogP contribution in [0.5, 0.6) is 0 Å². The third-order valence-corrected chi connectivity index (χ3v) is 8.20. The van der Waals surface area contributed by atoms with E-state index in [2.05, 4.69) is 20.8 Å². The van der Waals surface area contributed by atoms with Gasteiger partial charge in [0.05, 0.1) is 0 Å². The van der Waals surface area contributed by atoms with Crippen molar-refractivity contribution in [2.24, 2.45) is 0 Å². The summed E-state index contributed by atoms with van der Waals surface area (Å²) >= 11 is 0. The molecule has 0 aromatic carbocycles. The third kappa shape index (κ3) is 65.9. The van der Waals surface area contributed by atoms with E-state index in [1.54, 1.807) is 18.2 Å². The maximum atomic E-state index is 10.2. The first-order chi connectivity index (χ1) is 23.3. The SMILES string of the molecule is CCCCCCCCCCCC=CC(=O)O.CCCCCCCCCCCC=CC(=O)O.CCCCCCCCCCCC=CC(=O)O.[Nd]. The van der Waals surface area contributed by atoms with Crippen molar-refractivity contribution < 1.29 is 70.5 Å². The molecule has 6 nitrogen and oxygen atoms in total. The van der Waals surface area contributed by atoms with Gasteiger partial charge < -0.3 is 15.3 Å². The molecular formula is C42H78NdO6. The fourth-order valence-corrected chi connectivity index (χ4v) is 5.27. The van der Waals surface area contributed by atoms with Crippen LogP contribution in [-0.2, 0) is 14.4 Å². The second-order valence-corrected chi connectivity index (χ2v) is 13.1. The second-order valence-electron chi connectivity index (χ2n) is 13.1. The average molecular weight is 823 g/mol. The quantitative estimate of drug-likeness (QED) is 0.0449. The summed E-state index contributed by atoms with van der Waals surface area (Å²) in [5.41, 5.74) is 0. The van der Waals surface area contributed by atoms with E-state index in [1.165, 1.54) is 172 Å². The molecule has 7 heteroatoms. The molecule has 0 spiro atoms. The van der Waals surface area contributed by atoms with Crippen molar-refractivity contribution in [1.82, 2.24) is 0 Å². The minimum Gasteiger partial charge on any atom is -0.478 e. The van der Waals surface area contributed by atoms with Crippen LogP contribution < -0.4 is 0 Å². The number of hydrogen-bond acceptors (Lipinski definition) is 3. The van der Waals surface area contributed by atoms with Gasteiger partial charge in [-0.2, -0.15) is 0 Å². The molecule has 0 atom stereocenters. The molecule has 0 saturated carbocycles. The maximum absolute atomic E-state index is 10.2. The van der Waals surface area contributed by atoms with Gasteiger partial charge in [-0.15, -0.1) is 0 Å². The number of allylic oxidation sites excluding steroid dienone is 3. The molecule has 0 heterocycles. The van der Waals surface area contributed by atoms with Gasteiger partial charge in [-0.25, -0.2) is 14.4 Å². The molecule has 0 amide bonds. The first kappa shape index (κ1) is 54.7. The van der Waals surface area contributed by atoms with Crippen molar-refractivity contribution in [2.45, 2.75) is 213 Å². The Morgan fingerprint density at radius 2 is 0.490 bits per heavy atom. The van der Waals surface area contributed by atoms with E-state index in [9.17, 15) is 14.4 Å². The van der Waals surface area contributed by atoms with Gasteiger partial charge in [-0.1, -0.05) is 193 Å². The molecule has 0 aliphatic rings. The number of hydrogen-bond donors (Lipinski definition) is 3. The van der Waals surface area contributed by atoms with Crippen molar-refractivity contribution in [3.63, 3.8) is 0 Å². The number of unbranched alkanes of at least 4 members (excludes halogenated alkanes) is 27. The zero-order valence-electron chi connectivity index (χ0n) is 32.2. The molecule has 0 unspecified atom stereocenters. The zero-order valence-corrected chi connectivity index (χ0v) is 35.5. The second kappa shape index (κ2) is 51.4. The number of rotatable bonds is 33. The van der Waals surface area contributed by atoms with Crippen molar-refractivity contribution in [2.75, 3.05) is 0 Å². The Hall–Kier alpha value is -1.02. The summed E-state index contributed by atoms with van der Waals surface area (Å²) < 4.78 is 0. The zero-order chi connectivity index (χ0) is 36.2. The van der Waals surface area contributed by atoms with Crippen molar-refractivity contribution in [3.8, 4) is 0 Å². The maximum Gasteiger partial charge on any atom is 0.327 e. The molecular weight excluding hydrogens is 745 g/mol. The van der Waals surface area contributed by atoms with E-state index in [1.807, 2.05) is 0 Å². The van der Waals surface area contributed by atoms with Crippen LogP contribution in [0.3, 0.4) is 0 Å². The topological polar surface area (TPSA) is 112 Å². The van der Waals surface area contributed by atoms with Crippen LogP contribution in [0.1, 0.15) is 213 Å². The smallest absolute Gasteiger partial charge is 0.327 e. The van der Waals surface area contributed by atoms with E-state index in [-0.39, 0.29) is 40.8 Å². The molecule has 0 saturated heterocycles. The van der Waals surface area contributed by atoms with E-state index in [0.717, 1.165) is 38.5 Å². The standard InChI is InChI=1S/3C14H26O2.Nd/c3*1-2-3-4-5-6-7-8-9-10-11-12-13-14(15)16;/h3*12-13H,2-11H2,1H3,(H,15,16);. The van der Waals surface area contributed by atoms with E-state index in [0.29, 0.717) is 0 Å². The van der Waals surface area contributed by atoms with Gasteiger partial charge in [-0.05, 0) is 38.5 Å². The van der Waals surface area contributed by atoms with Gasteiger partial charge in [0.25, 0.3) is 0 Å². The van der Waals surface area contributed by atoms with Crippen molar-refractivity contribution >= 4 is 17.9 Å². The van der Waals surface area contributed by atoms with Crippen LogP contribution in [0.15, 0.2) is 36.5 Å². The summed E-state index contributed by atoms with van der Waals surface area (Å²) in [6.07, 6.45) is 47.2. The Labute approximate surface area is 336 Å². The van der Waals surface area contributed by atoms with Crippen LogP contribution in [0, 0.1) is 40.8 Å². The summed E-state index contributed by atoms with van der Waals surface area (Å²) in [7, 11) is 0. The van der Waals surface area contributed by atoms with E-state index < -0.39 is 17.9 Å². The number of carboxylic acids is 3. The van der Waals surface area contributed by atoms with Crippen molar-refractivity contribution in [1.29, 1.82) is 0 Å². The molecule has 49 heavy (non-hydrogen) atoms. The molecule has 0 aliphatic heterocycles. The molecule has 0 bridgehead atoms. The van der Waals surface area contributed by atoms with E-state index in [4.69, 9.17) is 15.3 Å². The minimum absolute atomic E-state index is 0. The van der Waals surface area contributed by atoms with Crippen LogP contribution in [0.4, 0.5) is 0 Å². The number of aliphatic carboxylic acids is 3. The molecule has 0 rings (SSSR count). The number of carboxylic acid groups (broad SMARTS) is 3. The van der Waals surface area contributed by atoms with Gasteiger partial charge in [0, 0.05) is 59.1 Å². The third-order valence-electron chi connectivity index (χ3n) is 8.20. The van der Waals surface area contributed by atoms with Crippen molar-refractivity contribution in [3.05, 3.63) is 36.5 Å². The first-order valence-electron chi connectivity index (χ1n) is 20.0. The molecule has 0 aromatic rings. The Morgan fingerprint density at radius 1 is 0.327 bits per heavy atom. The minimum atomic E-state index is -0.837. The fraction of sp³-hybridized carbons (Fsp3) is 0.786. The van der Waals surface area contributed by atoms with Gasteiger partial charge in [-0.3, -0.25) is 0 Å². The molecule has 3 N–H and O–H groups in total. The Bertz CT molecular complexity index is 662. The van der Waals surface area contributed by atoms with Gasteiger partial charge >= 0.3 is 17.9 Å². The normalized spacial score (nSPS) is 10.8. The predicted molar refractivity (Wildman–Crippen MR) is 206 cm³/mol. The predicted octanol–water partition coefficient (Wildman–Crippen LogP) is 13.6. The Kier molecular flexibility index (Phi) is 57.4. The summed E-state index contributed by atoms with van der Waals surface area (Å²) in [5.74, 6) is -2.51. The molecule has 0 aliphatic carbocycles. The van der Waals surface area contributed by atoms with Crippen LogP contribution in [0.25, 0.3) is 0 Å². The fourth-order valence-electron chi connectivity index (χ4n) is 5.27. The Balaban J connectivity index is -0.000000307.